The molecule has 0 radical (unpaired) electrons. The highest BCUT2D eigenvalue weighted by Crippen LogP contribution is 2.23. The van der Waals surface area contributed by atoms with Crippen LogP contribution in [0.15, 0.2) is 21.0 Å². The highest BCUT2D eigenvalue weighted by Gasteiger charge is 2.13. The van der Waals surface area contributed by atoms with E-state index < -0.39 is 5.97 Å². The summed E-state index contributed by atoms with van der Waals surface area (Å²) in [5, 5.41) is 20.1. The van der Waals surface area contributed by atoms with Crippen LogP contribution in [0.3, 0.4) is 0 Å². The first kappa shape index (κ1) is 14.2. The highest BCUT2D eigenvalue weighted by atomic mass is 32.2. The molecule has 0 bridgehead atoms. The maximum Gasteiger partial charge on any atom is 0.325 e. The molecule has 10 heteroatoms. The standard InChI is InChI=1S/C10H12N6O3S/c1-5(2)9-11-6(17)3-7(12-9)20-10-13-14-15-16(10)4-8(18)19/h3,5H,4H2,1-2H3,(H,18,19)(H,11,12,17). The third kappa shape index (κ3) is 3.41. The van der Waals surface area contributed by atoms with Gasteiger partial charge in [0.25, 0.3) is 5.56 Å². The van der Waals surface area contributed by atoms with Crippen molar-refractivity contribution in [1.82, 2.24) is 30.2 Å². The van der Waals surface area contributed by atoms with E-state index in [0.29, 0.717) is 10.9 Å². The van der Waals surface area contributed by atoms with Crippen LogP contribution in [-0.4, -0.2) is 41.3 Å². The average Bonchev–Trinajstić information content (AvgIpc) is 2.75. The number of rotatable bonds is 5. The number of H-pyrrole nitrogens is 1. The van der Waals surface area contributed by atoms with Gasteiger partial charge in [0.15, 0.2) is 0 Å². The van der Waals surface area contributed by atoms with E-state index in [2.05, 4.69) is 25.5 Å². The predicted molar refractivity (Wildman–Crippen MR) is 68.5 cm³/mol. The topological polar surface area (TPSA) is 127 Å². The van der Waals surface area contributed by atoms with Crippen molar-refractivity contribution in [2.45, 2.75) is 36.5 Å². The Labute approximate surface area is 117 Å². The second-order valence-electron chi connectivity index (χ2n) is 4.24. The zero-order valence-corrected chi connectivity index (χ0v) is 11.6. The minimum atomic E-state index is -1.05. The fourth-order valence-corrected chi connectivity index (χ4v) is 2.15. The summed E-state index contributed by atoms with van der Waals surface area (Å²) < 4.78 is 1.13. The molecular formula is C10H12N6O3S. The Morgan fingerprint density at radius 2 is 2.30 bits per heavy atom. The van der Waals surface area contributed by atoms with E-state index in [4.69, 9.17) is 5.11 Å². The summed E-state index contributed by atoms with van der Waals surface area (Å²) >= 11 is 1.04. The summed E-state index contributed by atoms with van der Waals surface area (Å²) in [4.78, 5) is 29.1. The first-order chi connectivity index (χ1) is 9.45. The summed E-state index contributed by atoms with van der Waals surface area (Å²) in [6.45, 7) is 3.46. The first-order valence-corrected chi connectivity index (χ1v) is 6.54. The Morgan fingerprint density at radius 1 is 1.55 bits per heavy atom. The number of aromatic amines is 1. The SMILES string of the molecule is CC(C)c1nc(Sc2nnnn2CC(=O)O)cc(=O)[nH]1. The third-order valence-electron chi connectivity index (χ3n) is 2.26. The minimum absolute atomic E-state index is 0.0678. The Bertz CT molecular complexity index is 680. The van der Waals surface area contributed by atoms with Gasteiger partial charge in [0, 0.05) is 12.0 Å². The number of carbonyl (C=O) groups is 1. The number of aliphatic carboxylic acids is 1. The van der Waals surface area contributed by atoms with Crippen LogP contribution in [0, 0.1) is 0 Å². The third-order valence-corrected chi connectivity index (χ3v) is 3.16. The fraction of sp³-hybridized carbons (Fsp3) is 0.400. The quantitative estimate of drug-likeness (QED) is 0.745. The smallest absolute Gasteiger partial charge is 0.325 e. The molecule has 0 fully saturated rings. The fourth-order valence-electron chi connectivity index (χ4n) is 1.37. The van der Waals surface area contributed by atoms with Crippen molar-refractivity contribution in [3.05, 3.63) is 22.2 Å². The molecule has 0 unspecified atom stereocenters. The van der Waals surface area contributed by atoms with Gasteiger partial charge in [0.05, 0.1) is 0 Å². The number of hydrogen-bond donors (Lipinski definition) is 2. The highest BCUT2D eigenvalue weighted by molar-refractivity contribution is 7.99. The molecule has 2 aromatic heterocycles. The van der Waals surface area contributed by atoms with Crippen molar-refractivity contribution >= 4 is 17.7 Å². The van der Waals surface area contributed by atoms with Gasteiger partial charge >= 0.3 is 5.97 Å². The summed E-state index contributed by atoms with van der Waals surface area (Å²) in [7, 11) is 0. The summed E-state index contributed by atoms with van der Waals surface area (Å²) in [5.74, 6) is -0.434. The molecule has 0 saturated carbocycles. The molecule has 9 nitrogen and oxygen atoms in total. The molecule has 106 valence electrons. The van der Waals surface area contributed by atoms with Gasteiger partial charge in [0.1, 0.15) is 17.4 Å². The average molecular weight is 296 g/mol. The number of nitrogens with zero attached hydrogens (tertiary/aromatic N) is 5. The predicted octanol–water partition coefficient (Wildman–Crippen LogP) is 0.116. The Kier molecular flexibility index (Phi) is 4.13. The molecule has 0 atom stereocenters. The molecule has 2 rings (SSSR count). The van der Waals surface area contributed by atoms with E-state index in [0.717, 1.165) is 16.4 Å². The molecule has 0 aliphatic heterocycles. The molecule has 0 aliphatic carbocycles. The number of hydrogen-bond acceptors (Lipinski definition) is 7. The molecule has 2 heterocycles. The van der Waals surface area contributed by atoms with Gasteiger partial charge in [-0.15, -0.1) is 5.10 Å². The number of nitrogens with one attached hydrogen (secondary N) is 1. The van der Waals surface area contributed by atoms with Crippen molar-refractivity contribution in [3.63, 3.8) is 0 Å². The second kappa shape index (κ2) is 5.82. The summed E-state index contributed by atoms with van der Waals surface area (Å²) in [5.41, 5.74) is -0.275. The molecule has 0 amide bonds. The van der Waals surface area contributed by atoms with Gasteiger partial charge in [-0.2, -0.15) is 0 Å². The molecule has 0 aromatic carbocycles. The van der Waals surface area contributed by atoms with E-state index in [-0.39, 0.29) is 23.2 Å². The lowest BCUT2D eigenvalue weighted by Crippen LogP contribution is -2.13. The Hall–Kier alpha value is -2.23. The van der Waals surface area contributed by atoms with E-state index in [1.807, 2.05) is 13.8 Å². The van der Waals surface area contributed by atoms with E-state index in [1.165, 1.54) is 6.07 Å². The molecule has 2 N–H and O–H groups in total. The van der Waals surface area contributed by atoms with Crippen molar-refractivity contribution in [2.24, 2.45) is 0 Å². The van der Waals surface area contributed by atoms with Gasteiger partial charge in [-0.3, -0.25) is 9.59 Å². The van der Waals surface area contributed by atoms with E-state index in [1.54, 1.807) is 0 Å². The molecular weight excluding hydrogens is 284 g/mol. The Morgan fingerprint density at radius 3 is 2.95 bits per heavy atom. The number of carboxylic acid groups (broad SMARTS) is 1. The zero-order valence-electron chi connectivity index (χ0n) is 10.8. The molecule has 2 aromatic rings. The first-order valence-electron chi connectivity index (χ1n) is 5.73. The largest absolute Gasteiger partial charge is 0.480 e. The van der Waals surface area contributed by atoms with Crippen LogP contribution in [-0.2, 0) is 11.3 Å². The van der Waals surface area contributed by atoms with Gasteiger partial charge in [-0.25, -0.2) is 9.67 Å². The van der Waals surface area contributed by atoms with Crippen molar-refractivity contribution in [2.75, 3.05) is 0 Å². The minimum Gasteiger partial charge on any atom is -0.480 e. The van der Waals surface area contributed by atoms with Gasteiger partial charge in [-0.05, 0) is 22.2 Å². The lowest BCUT2D eigenvalue weighted by atomic mass is 10.2. The maximum atomic E-state index is 11.5. The van der Waals surface area contributed by atoms with Crippen LogP contribution < -0.4 is 5.56 Å². The zero-order chi connectivity index (χ0) is 14.7. The van der Waals surface area contributed by atoms with E-state index in [9.17, 15) is 9.59 Å². The lowest BCUT2D eigenvalue weighted by Gasteiger charge is -2.06. The van der Waals surface area contributed by atoms with E-state index >= 15 is 0 Å². The summed E-state index contributed by atoms with van der Waals surface area (Å²) in [6, 6.07) is 1.32. The molecule has 20 heavy (non-hydrogen) atoms. The second-order valence-corrected chi connectivity index (χ2v) is 5.23. The van der Waals surface area contributed by atoms with Crippen LogP contribution >= 0.6 is 11.8 Å². The molecule has 0 saturated heterocycles. The van der Waals surface area contributed by atoms with Crippen LogP contribution in [0.4, 0.5) is 0 Å². The van der Waals surface area contributed by atoms with Gasteiger partial charge in [0.2, 0.25) is 5.16 Å². The monoisotopic (exact) mass is 296 g/mol. The van der Waals surface area contributed by atoms with Gasteiger partial charge < -0.3 is 10.1 Å². The van der Waals surface area contributed by atoms with Crippen LogP contribution in [0.25, 0.3) is 0 Å². The number of tetrazole rings is 1. The lowest BCUT2D eigenvalue weighted by molar-refractivity contribution is -0.138. The normalized spacial score (nSPS) is 10.9. The Balaban J connectivity index is 2.28. The van der Waals surface area contributed by atoms with Crippen LogP contribution in [0.5, 0.6) is 0 Å². The number of aromatic nitrogens is 6. The van der Waals surface area contributed by atoms with Crippen molar-refractivity contribution in [3.8, 4) is 0 Å². The van der Waals surface area contributed by atoms with Crippen molar-refractivity contribution in [1.29, 1.82) is 0 Å². The summed E-state index contributed by atoms with van der Waals surface area (Å²) in [6.07, 6.45) is 0. The van der Waals surface area contributed by atoms with Gasteiger partial charge in [-0.1, -0.05) is 13.8 Å². The maximum absolute atomic E-state index is 11.5. The van der Waals surface area contributed by atoms with Crippen LogP contribution in [0.2, 0.25) is 0 Å². The van der Waals surface area contributed by atoms with Crippen molar-refractivity contribution < 1.29 is 9.90 Å². The molecule has 0 spiro atoms. The molecule has 0 aliphatic rings. The number of carboxylic acids is 1. The van der Waals surface area contributed by atoms with Crippen LogP contribution in [0.1, 0.15) is 25.6 Å².